The number of hydrogen-bond donors (Lipinski definition) is 1. The number of thiazole rings is 1. The molecule has 1 aromatic heterocycles. The summed E-state index contributed by atoms with van der Waals surface area (Å²) in [5.74, 6) is -0.131. The lowest BCUT2D eigenvalue weighted by Crippen LogP contribution is -2.18. The highest BCUT2D eigenvalue weighted by Gasteiger charge is 2.13. The molecule has 0 unspecified atom stereocenters. The summed E-state index contributed by atoms with van der Waals surface area (Å²) in [5, 5.41) is 9.20. The molecule has 2 aromatic rings. The van der Waals surface area contributed by atoms with Crippen LogP contribution in [0.1, 0.15) is 29.2 Å². The van der Waals surface area contributed by atoms with Gasteiger partial charge in [0.1, 0.15) is 11.4 Å². The van der Waals surface area contributed by atoms with E-state index in [9.17, 15) is 14.3 Å². The molecule has 1 heterocycles. The normalized spacial score (nSPS) is 11.8. The number of carbonyl (C=O) groups is 1. The standard InChI is InChI=1S/C16H19FN2O3S/c1-4-22-12-5-6-14(13(17)9-12)18-16-19(7-8-20)10(2)15(23-16)11(3)21/h5-6,9,20H,4,7-8H2,1-3H3/b18-16-. The quantitative estimate of drug-likeness (QED) is 0.824. The van der Waals surface area contributed by atoms with Gasteiger partial charge >= 0.3 is 0 Å². The van der Waals surface area contributed by atoms with Crippen LogP contribution in [0.5, 0.6) is 5.75 Å². The Kier molecular flexibility index (Phi) is 5.68. The molecule has 7 heteroatoms. The van der Waals surface area contributed by atoms with Crippen molar-refractivity contribution in [3.8, 4) is 5.75 Å². The lowest BCUT2D eigenvalue weighted by Gasteiger charge is -2.05. The van der Waals surface area contributed by atoms with Crippen molar-refractivity contribution in [2.24, 2.45) is 4.99 Å². The summed E-state index contributed by atoms with van der Waals surface area (Å²) < 4.78 is 21.1. The third kappa shape index (κ3) is 3.86. The lowest BCUT2D eigenvalue weighted by atomic mass is 10.3. The molecule has 124 valence electrons. The van der Waals surface area contributed by atoms with Gasteiger partial charge in [-0.15, -0.1) is 0 Å². The number of aliphatic hydroxyl groups is 1. The van der Waals surface area contributed by atoms with Gasteiger partial charge < -0.3 is 14.4 Å². The molecular formula is C16H19FN2O3S. The van der Waals surface area contributed by atoms with Gasteiger partial charge in [-0.1, -0.05) is 11.3 Å². The first-order chi connectivity index (χ1) is 11.0. The minimum atomic E-state index is -0.498. The van der Waals surface area contributed by atoms with Crippen molar-refractivity contribution < 1.29 is 19.0 Å². The molecule has 0 fully saturated rings. The van der Waals surface area contributed by atoms with E-state index in [2.05, 4.69) is 4.99 Å². The van der Waals surface area contributed by atoms with E-state index in [4.69, 9.17) is 4.74 Å². The SMILES string of the molecule is CCOc1ccc(/N=c2\sc(C(C)=O)c(C)n2CCO)c(F)c1. The molecule has 0 aliphatic carbocycles. The number of halogens is 1. The molecule has 0 bridgehead atoms. The second-order valence-corrected chi connectivity index (χ2v) is 5.87. The summed E-state index contributed by atoms with van der Waals surface area (Å²) in [5.41, 5.74) is 0.887. The van der Waals surface area contributed by atoms with Gasteiger partial charge in [0.25, 0.3) is 0 Å². The predicted molar refractivity (Wildman–Crippen MR) is 86.9 cm³/mol. The van der Waals surface area contributed by atoms with E-state index in [1.165, 1.54) is 30.4 Å². The molecule has 0 aliphatic heterocycles. The summed E-state index contributed by atoms with van der Waals surface area (Å²) in [4.78, 5) is 17.0. The van der Waals surface area contributed by atoms with Gasteiger partial charge in [-0.3, -0.25) is 4.79 Å². The average Bonchev–Trinajstić information content (AvgIpc) is 2.80. The lowest BCUT2D eigenvalue weighted by molar-refractivity contribution is 0.102. The van der Waals surface area contributed by atoms with Gasteiger partial charge in [-0.2, -0.15) is 0 Å². The number of benzene rings is 1. The Balaban J connectivity index is 2.54. The van der Waals surface area contributed by atoms with E-state index < -0.39 is 5.82 Å². The first-order valence-corrected chi connectivity index (χ1v) is 8.08. The third-order valence-electron chi connectivity index (χ3n) is 3.25. The summed E-state index contributed by atoms with van der Waals surface area (Å²) in [6.45, 7) is 5.75. The minimum Gasteiger partial charge on any atom is -0.494 e. The van der Waals surface area contributed by atoms with Crippen LogP contribution in [0.25, 0.3) is 0 Å². The monoisotopic (exact) mass is 338 g/mol. The van der Waals surface area contributed by atoms with Gasteiger partial charge in [0.05, 0.1) is 18.1 Å². The number of carbonyl (C=O) groups excluding carboxylic acids is 1. The number of ether oxygens (including phenoxy) is 1. The van der Waals surface area contributed by atoms with Crippen LogP contribution in [0.15, 0.2) is 23.2 Å². The molecule has 1 N–H and O–H groups in total. The highest BCUT2D eigenvalue weighted by atomic mass is 32.1. The van der Waals surface area contributed by atoms with Crippen molar-refractivity contribution in [3.63, 3.8) is 0 Å². The van der Waals surface area contributed by atoms with E-state index >= 15 is 0 Å². The van der Waals surface area contributed by atoms with Crippen molar-refractivity contribution in [1.82, 2.24) is 4.57 Å². The number of aromatic nitrogens is 1. The van der Waals surface area contributed by atoms with Gasteiger partial charge in [0, 0.05) is 25.2 Å². The summed E-state index contributed by atoms with van der Waals surface area (Å²) >= 11 is 1.19. The number of nitrogens with zero attached hydrogens (tertiary/aromatic N) is 2. The van der Waals surface area contributed by atoms with Crippen LogP contribution in [0.4, 0.5) is 10.1 Å². The third-order valence-corrected chi connectivity index (χ3v) is 4.53. The first kappa shape index (κ1) is 17.4. The highest BCUT2D eigenvalue weighted by molar-refractivity contribution is 7.11. The van der Waals surface area contributed by atoms with Gasteiger partial charge in [-0.05, 0) is 26.0 Å². The molecule has 1 aromatic carbocycles. The fourth-order valence-electron chi connectivity index (χ4n) is 2.20. The van der Waals surface area contributed by atoms with Crippen LogP contribution in [-0.4, -0.2) is 28.7 Å². The molecule has 2 rings (SSSR count). The Morgan fingerprint density at radius 1 is 1.48 bits per heavy atom. The molecular weight excluding hydrogens is 319 g/mol. The van der Waals surface area contributed by atoms with E-state index in [-0.39, 0.29) is 18.1 Å². The fraction of sp³-hybridized carbons (Fsp3) is 0.375. The van der Waals surface area contributed by atoms with Crippen LogP contribution in [0.2, 0.25) is 0 Å². The van der Waals surface area contributed by atoms with Crippen LogP contribution >= 0.6 is 11.3 Å². The molecule has 0 saturated heterocycles. The number of Topliss-reactive ketones (excluding diaryl/α,β-unsaturated/α-hetero) is 1. The molecule has 0 aliphatic rings. The van der Waals surface area contributed by atoms with Crippen LogP contribution in [-0.2, 0) is 6.54 Å². The van der Waals surface area contributed by atoms with Crippen LogP contribution in [0.3, 0.4) is 0 Å². The van der Waals surface area contributed by atoms with E-state index in [1.807, 2.05) is 6.92 Å². The summed E-state index contributed by atoms with van der Waals surface area (Å²) in [7, 11) is 0. The number of ketones is 1. The van der Waals surface area contributed by atoms with Crippen molar-refractivity contribution >= 4 is 22.8 Å². The van der Waals surface area contributed by atoms with Gasteiger partial charge in [0.2, 0.25) is 0 Å². The molecule has 0 radical (unpaired) electrons. The Hall–Kier alpha value is -1.99. The average molecular weight is 338 g/mol. The zero-order valence-electron chi connectivity index (χ0n) is 13.3. The van der Waals surface area contributed by atoms with Crippen molar-refractivity contribution in [2.45, 2.75) is 27.3 Å². The van der Waals surface area contributed by atoms with Crippen molar-refractivity contribution in [3.05, 3.63) is 39.4 Å². The smallest absolute Gasteiger partial charge is 0.190 e. The second-order valence-electron chi connectivity index (χ2n) is 4.89. The molecule has 0 amide bonds. The predicted octanol–water partition coefficient (Wildman–Crippen LogP) is 2.82. The number of rotatable bonds is 6. The van der Waals surface area contributed by atoms with Crippen LogP contribution in [0, 0.1) is 12.7 Å². The maximum absolute atomic E-state index is 14.1. The Labute approximate surface area is 137 Å². The summed E-state index contributed by atoms with van der Waals surface area (Å²) in [6, 6.07) is 4.46. The molecule has 23 heavy (non-hydrogen) atoms. The van der Waals surface area contributed by atoms with Crippen molar-refractivity contribution in [1.29, 1.82) is 0 Å². The van der Waals surface area contributed by atoms with E-state index in [0.29, 0.717) is 28.6 Å². The minimum absolute atomic E-state index is 0.0761. The second kappa shape index (κ2) is 7.52. The molecule has 0 saturated carbocycles. The van der Waals surface area contributed by atoms with E-state index in [0.717, 1.165) is 5.69 Å². The number of hydrogen-bond acceptors (Lipinski definition) is 5. The zero-order chi connectivity index (χ0) is 17.0. The Bertz CT molecular complexity index is 780. The van der Waals surface area contributed by atoms with Crippen molar-refractivity contribution in [2.75, 3.05) is 13.2 Å². The van der Waals surface area contributed by atoms with Gasteiger partial charge in [0.15, 0.2) is 16.4 Å². The fourth-order valence-corrected chi connectivity index (χ4v) is 3.26. The van der Waals surface area contributed by atoms with Gasteiger partial charge in [-0.25, -0.2) is 9.38 Å². The highest BCUT2D eigenvalue weighted by Crippen LogP contribution is 2.23. The largest absolute Gasteiger partial charge is 0.494 e. The van der Waals surface area contributed by atoms with Crippen LogP contribution < -0.4 is 9.54 Å². The summed E-state index contributed by atoms with van der Waals surface area (Å²) in [6.07, 6.45) is 0. The topological polar surface area (TPSA) is 63.8 Å². The molecule has 5 nitrogen and oxygen atoms in total. The maximum Gasteiger partial charge on any atom is 0.190 e. The molecule has 0 atom stereocenters. The Morgan fingerprint density at radius 3 is 2.78 bits per heavy atom. The number of aliphatic hydroxyl groups excluding tert-OH is 1. The molecule has 0 spiro atoms. The Morgan fingerprint density at radius 2 is 2.22 bits per heavy atom. The maximum atomic E-state index is 14.1. The zero-order valence-corrected chi connectivity index (χ0v) is 14.1. The van der Waals surface area contributed by atoms with E-state index in [1.54, 1.807) is 17.6 Å². The first-order valence-electron chi connectivity index (χ1n) is 7.27.